The number of halogens is 1. The fourth-order valence-corrected chi connectivity index (χ4v) is 1.04. The third-order valence-electron chi connectivity index (χ3n) is 1.26. The van der Waals surface area contributed by atoms with E-state index in [1.54, 1.807) is 0 Å². The van der Waals surface area contributed by atoms with Crippen molar-refractivity contribution in [3.05, 3.63) is 20.9 Å². The molecule has 6 heteroatoms. The highest BCUT2D eigenvalue weighted by Gasteiger charge is 2.06. The van der Waals surface area contributed by atoms with Crippen LogP contribution in [-0.4, -0.2) is 15.3 Å². The Morgan fingerprint density at radius 3 is 3.18 bits per heavy atom. The third-order valence-corrected chi connectivity index (χ3v) is 1.85. The van der Waals surface area contributed by atoms with Crippen LogP contribution >= 0.6 is 15.9 Å². The number of nitrogens with zero attached hydrogens (tertiary/aromatic N) is 2. The Bertz CT molecular complexity index is 446. The summed E-state index contributed by atoms with van der Waals surface area (Å²) in [5.74, 6) is 0. The summed E-state index contributed by atoms with van der Waals surface area (Å²) in [6.45, 7) is 0. The van der Waals surface area contributed by atoms with Crippen molar-refractivity contribution < 1.29 is 4.63 Å². The van der Waals surface area contributed by atoms with Crippen molar-refractivity contribution in [2.45, 2.75) is 0 Å². The first kappa shape index (κ1) is 6.53. The maximum atomic E-state index is 11.2. The molecule has 0 aromatic carbocycles. The van der Waals surface area contributed by atoms with Crippen LogP contribution < -0.4 is 5.43 Å². The maximum Gasteiger partial charge on any atom is 0.227 e. The zero-order valence-corrected chi connectivity index (χ0v) is 6.75. The largest absolute Gasteiger partial charge is 0.341 e. The van der Waals surface area contributed by atoms with Crippen molar-refractivity contribution >= 4 is 27.1 Å². The number of pyridine rings is 1. The number of fused-ring (bicyclic) bond motifs is 1. The van der Waals surface area contributed by atoms with Gasteiger partial charge in [0.15, 0.2) is 0 Å². The van der Waals surface area contributed by atoms with Crippen molar-refractivity contribution in [3.8, 4) is 0 Å². The van der Waals surface area contributed by atoms with E-state index in [-0.39, 0.29) is 10.9 Å². The van der Waals surface area contributed by atoms with Crippen LogP contribution in [0.4, 0.5) is 0 Å². The summed E-state index contributed by atoms with van der Waals surface area (Å²) < 4.78 is 4.77. The van der Waals surface area contributed by atoms with Gasteiger partial charge in [-0.1, -0.05) is 0 Å². The molecule has 0 radical (unpaired) electrons. The van der Waals surface area contributed by atoms with Crippen molar-refractivity contribution in [3.63, 3.8) is 0 Å². The minimum atomic E-state index is -0.222. The molecule has 5 nitrogen and oxygen atoms in total. The molecule has 0 aliphatic carbocycles. The van der Waals surface area contributed by atoms with Crippen molar-refractivity contribution in [2.75, 3.05) is 0 Å². The highest BCUT2D eigenvalue weighted by molar-refractivity contribution is 9.10. The Morgan fingerprint density at radius 2 is 2.36 bits per heavy atom. The lowest BCUT2D eigenvalue weighted by molar-refractivity contribution is 0.314. The van der Waals surface area contributed by atoms with Crippen LogP contribution in [0.15, 0.2) is 20.1 Å². The van der Waals surface area contributed by atoms with Gasteiger partial charge in [-0.2, -0.15) is 0 Å². The van der Waals surface area contributed by atoms with Gasteiger partial charge in [0.2, 0.25) is 16.6 Å². The molecule has 11 heavy (non-hydrogen) atoms. The summed E-state index contributed by atoms with van der Waals surface area (Å²) in [4.78, 5) is 13.9. The number of nitrogens with one attached hydrogen (secondary N) is 1. The van der Waals surface area contributed by atoms with Crippen LogP contribution in [0.25, 0.3) is 11.2 Å². The normalized spacial score (nSPS) is 10.6. The van der Waals surface area contributed by atoms with Crippen LogP contribution in [0.3, 0.4) is 0 Å². The highest BCUT2D eigenvalue weighted by atomic mass is 79.9. The molecule has 0 atom stereocenters. The van der Waals surface area contributed by atoms with Gasteiger partial charge in [-0.15, -0.1) is 0 Å². The zero-order valence-electron chi connectivity index (χ0n) is 5.17. The summed E-state index contributed by atoms with van der Waals surface area (Å²) in [6.07, 6.45) is 1.49. The molecular weight excluding hydrogens is 214 g/mol. The van der Waals surface area contributed by atoms with Gasteiger partial charge in [0.1, 0.15) is 0 Å². The number of aromatic nitrogens is 3. The lowest BCUT2D eigenvalue weighted by Crippen LogP contribution is -2.02. The average molecular weight is 216 g/mol. The monoisotopic (exact) mass is 215 g/mol. The Hall–Kier alpha value is -1.17. The Morgan fingerprint density at radius 1 is 1.55 bits per heavy atom. The minimum absolute atomic E-state index is 0.208. The fourth-order valence-electron chi connectivity index (χ4n) is 0.743. The third kappa shape index (κ3) is 0.864. The van der Waals surface area contributed by atoms with E-state index in [9.17, 15) is 4.79 Å². The van der Waals surface area contributed by atoms with E-state index in [0.717, 1.165) is 0 Å². The summed E-state index contributed by atoms with van der Waals surface area (Å²) in [5.41, 5.74) is 0.345. The second-order valence-corrected chi connectivity index (χ2v) is 2.78. The van der Waals surface area contributed by atoms with E-state index in [1.165, 1.54) is 6.20 Å². The Labute approximate surface area is 68.5 Å². The van der Waals surface area contributed by atoms with E-state index < -0.39 is 0 Å². The minimum Gasteiger partial charge on any atom is -0.341 e. The molecule has 0 amide bonds. The molecule has 2 rings (SSSR count). The van der Waals surface area contributed by atoms with Crippen molar-refractivity contribution in [1.82, 2.24) is 15.3 Å². The molecule has 0 bridgehead atoms. The maximum absolute atomic E-state index is 11.2. The smallest absolute Gasteiger partial charge is 0.227 e. The van der Waals surface area contributed by atoms with Gasteiger partial charge in [0.05, 0.1) is 4.47 Å². The number of hydrogen-bond donors (Lipinski definition) is 1. The lowest BCUT2D eigenvalue weighted by atomic mass is 10.4. The lowest BCUT2D eigenvalue weighted by Gasteiger charge is -1.84. The van der Waals surface area contributed by atoms with E-state index in [1.807, 2.05) is 0 Å². The van der Waals surface area contributed by atoms with Crippen LogP contribution in [0.2, 0.25) is 0 Å². The molecule has 0 saturated heterocycles. The number of hydrogen-bond acceptors (Lipinski definition) is 4. The summed E-state index contributed by atoms with van der Waals surface area (Å²) in [5, 5.41) is 6.88. The number of aromatic amines is 1. The Balaban J connectivity index is 3.05. The molecule has 2 aromatic heterocycles. The van der Waals surface area contributed by atoms with Gasteiger partial charge < -0.3 is 4.98 Å². The van der Waals surface area contributed by atoms with E-state index in [2.05, 4.69) is 35.9 Å². The fraction of sp³-hybridized carbons (Fsp3) is 0. The van der Waals surface area contributed by atoms with Crippen LogP contribution in [0.1, 0.15) is 0 Å². The number of rotatable bonds is 0. The molecular formula is C5H2BrN3O2. The molecule has 2 aromatic rings. The average Bonchev–Trinajstić information content (AvgIpc) is 2.45. The highest BCUT2D eigenvalue weighted by Crippen LogP contribution is 2.05. The first-order chi connectivity index (χ1) is 5.29. The molecule has 0 aliphatic rings. The second-order valence-electron chi connectivity index (χ2n) is 1.93. The first-order valence-corrected chi connectivity index (χ1v) is 3.58. The summed E-state index contributed by atoms with van der Waals surface area (Å²) in [6, 6.07) is 0. The second kappa shape index (κ2) is 2.16. The molecule has 56 valence electrons. The van der Waals surface area contributed by atoms with E-state index >= 15 is 0 Å². The predicted molar refractivity (Wildman–Crippen MR) is 40.1 cm³/mol. The summed E-state index contributed by atoms with van der Waals surface area (Å²) >= 11 is 3.05. The molecule has 0 aliphatic heterocycles. The SMILES string of the molecule is O=c1c(Br)c[nH]c2nonc12. The van der Waals surface area contributed by atoms with Crippen LogP contribution in [0, 0.1) is 0 Å². The zero-order chi connectivity index (χ0) is 7.84. The van der Waals surface area contributed by atoms with Gasteiger partial charge in [0, 0.05) is 6.20 Å². The standard InChI is InChI=1S/C5H2BrN3O2/c6-2-1-7-5-3(4(2)10)8-11-9-5/h1H,(H,7,9). The van der Waals surface area contributed by atoms with Crippen molar-refractivity contribution in [1.29, 1.82) is 0 Å². The Kier molecular flexibility index (Phi) is 1.28. The molecule has 0 spiro atoms. The van der Waals surface area contributed by atoms with Crippen LogP contribution in [0.5, 0.6) is 0 Å². The number of H-pyrrole nitrogens is 1. The van der Waals surface area contributed by atoms with E-state index in [0.29, 0.717) is 10.1 Å². The molecule has 2 heterocycles. The molecule has 0 saturated carbocycles. The van der Waals surface area contributed by atoms with Gasteiger partial charge in [0.25, 0.3) is 0 Å². The quantitative estimate of drug-likeness (QED) is 0.702. The first-order valence-electron chi connectivity index (χ1n) is 2.78. The topological polar surface area (TPSA) is 71.8 Å². The van der Waals surface area contributed by atoms with Gasteiger partial charge >= 0.3 is 0 Å². The van der Waals surface area contributed by atoms with E-state index in [4.69, 9.17) is 0 Å². The van der Waals surface area contributed by atoms with Gasteiger partial charge in [-0.25, -0.2) is 4.63 Å². The predicted octanol–water partition coefficient (Wildman–Crippen LogP) is 0.674. The molecule has 1 N–H and O–H groups in total. The summed E-state index contributed by atoms with van der Waals surface area (Å²) in [7, 11) is 0. The van der Waals surface area contributed by atoms with Gasteiger partial charge in [-0.3, -0.25) is 4.79 Å². The molecule has 0 unspecified atom stereocenters. The molecule has 0 fully saturated rings. The van der Waals surface area contributed by atoms with Gasteiger partial charge in [-0.05, 0) is 26.2 Å². The van der Waals surface area contributed by atoms with Crippen molar-refractivity contribution in [2.24, 2.45) is 0 Å². The van der Waals surface area contributed by atoms with Crippen LogP contribution in [-0.2, 0) is 0 Å².